The predicted molar refractivity (Wildman–Crippen MR) is 127 cm³/mol. The number of rotatable bonds is 11. The van der Waals surface area contributed by atoms with Crippen LogP contribution in [0.1, 0.15) is 30.0 Å². The molecule has 2 heterocycles. The van der Waals surface area contributed by atoms with Gasteiger partial charge < -0.3 is 25.4 Å². The van der Waals surface area contributed by atoms with E-state index in [4.69, 9.17) is 0 Å². The highest BCUT2D eigenvalue weighted by Crippen LogP contribution is 2.37. The number of nitrogens with zero attached hydrogens (tertiary/aromatic N) is 3. The fourth-order valence-electron chi connectivity index (χ4n) is 4.63. The van der Waals surface area contributed by atoms with Crippen LogP contribution in [-0.4, -0.2) is 63.1 Å². The lowest BCUT2D eigenvalue weighted by molar-refractivity contribution is 0.00693. The summed E-state index contributed by atoms with van der Waals surface area (Å²) in [5.41, 5.74) is 3.05. The molecule has 0 aliphatic heterocycles. The van der Waals surface area contributed by atoms with Crippen LogP contribution in [0.25, 0.3) is 17.1 Å². The van der Waals surface area contributed by atoms with Gasteiger partial charge in [-0.15, -0.1) is 0 Å². The molecule has 1 saturated carbocycles. The van der Waals surface area contributed by atoms with Crippen LogP contribution in [0.5, 0.6) is 0 Å². The first-order valence-electron chi connectivity index (χ1n) is 11.4. The second kappa shape index (κ2) is 10.8. The topological polar surface area (TPSA) is 95.2 Å². The summed E-state index contributed by atoms with van der Waals surface area (Å²) in [6.45, 7) is 7.35. The van der Waals surface area contributed by atoms with Crippen molar-refractivity contribution in [2.75, 3.05) is 26.2 Å². The monoisotopic (exact) mass is 435 g/mol. The van der Waals surface area contributed by atoms with Gasteiger partial charge in [0, 0.05) is 35.8 Å². The second-order valence-electron chi connectivity index (χ2n) is 8.54. The Balaban J connectivity index is 1.22. The molecule has 0 bridgehead atoms. The molecule has 32 heavy (non-hydrogen) atoms. The van der Waals surface area contributed by atoms with Gasteiger partial charge in [-0.3, -0.25) is 0 Å². The second-order valence-corrected chi connectivity index (χ2v) is 8.54. The molecule has 0 radical (unpaired) electrons. The number of benzene rings is 1. The maximum atomic E-state index is 10.7. The minimum absolute atomic E-state index is 0.00694. The molecule has 7 nitrogen and oxygen atoms in total. The number of hydrogen-bond donors (Lipinski definition) is 4. The van der Waals surface area contributed by atoms with Gasteiger partial charge >= 0.3 is 0 Å². The van der Waals surface area contributed by atoms with Crippen LogP contribution in [0.3, 0.4) is 0 Å². The summed E-state index contributed by atoms with van der Waals surface area (Å²) in [5.74, 6) is -0.00694. The van der Waals surface area contributed by atoms with E-state index in [0.717, 1.165) is 49.1 Å². The summed E-state index contributed by atoms with van der Waals surface area (Å²) in [5, 5.41) is 29.2. The zero-order valence-corrected chi connectivity index (χ0v) is 18.4. The van der Waals surface area contributed by atoms with Gasteiger partial charge in [-0.25, -0.2) is 9.97 Å². The van der Waals surface area contributed by atoms with Crippen molar-refractivity contribution in [3.63, 3.8) is 0 Å². The van der Waals surface area contributed by atoms with E-state index >= 15 is 0 Å². The van der Waals surface area contributed by atoms with Crippen molar-refractivity contribution in [1.82, 2.24) is 25.2 Å². The van der Waals surface area contributed by atoms with Crippen molar-refractivity contribution >= 4 is 17.1 Å². The summed E-state index contributed by atoms with van der Waals surface area (Å²) >= 11 is 0. The highest BCUT2D eigenvalue weighted by molar-refractivity contribution is 5.85. The number of fused-ring (bicyclic) bond motifs is 1. The van der Waals surface area contributed by atoms with E-state index in [-0.39, 0.29) is 12.0 Å². The molecule has 0 amide bonds. The Bertz CT molecular complexity index is 1010. The van der Waals surface area contributed by atoms with E-state index in [1.54, 1.807) is 12.3 Å². The van der Waals surface area contributed by atoms with Gasteiger partial charge in [0.2, 0.25) is 0 Å². The summed E-state index contributed by atoms with van der Waals surface area (Å²) in [6, 6.07) is 10.3. The Labute approximate surface area is 189 Å². The van der Waals surface area contributed by atoms with Crippen molar-refractivity contribution in [1.29, 1.82) is 0 Å². The number of aromatic nitrogens is 3. The van der Waals surface area contributed by atoms with Crippen molar-refractivity contribution in [3.8, 4) is 0 Å². The third kappa shape index (κ3) is 5.07. The predicted octanol–water partition coefficient (Wildman–Crippen LogP) is 2.17. The standard InChI is InChI=1S/C25H33N5O2/c1-2-19-16-30(25-21(19)15-28-17-29-25)22-13-20(23(31)24(22)32)14-27-11-6-10-26-12-9-18-7-4-3-5-8-18/h2-5,7-8,15-17,20,22-24,26-27,31-32H,1,6,9-14H2/t20-,22-,23-,24+/m1/s1. The van der Waals surface area contributed by atoms with Crippen LogP contribution in [0, 0.1) is 5.92 Å². The SMILES string of the molecule is C=Cc1cn([C@@H]2C[C@H](CNCCCNCCc3ccccc3)[C@@H](O)[C@H]2O)c2ncncc12. The normalized spacial score (nSPS) is 23.1. The lowest BCUT2D eigenvalue weighted by Crippen LogP contribution is -2.34. The number of aliphatic hydroxyl groups is 2. The molecule has 4 atom stereocenters. The van der Waals surface area contributed by atoms with Crippen LogP contribution in [0.2, 0.25) is 0 Å². The molecule has 1 fully saturated rings. The minimum Gasteiger partial charge on any atom is -0.390 e. The fraction of sp³-hybridized carbons (Fsp3) is 0.440. The molecular weight excluding hydrogens is 402 g/mol. The molecule has 4 rings (SSSR count). The van der Waals surface area contributed by atoms with Gasteiger partial charge in [-0.1, -0.05) is 43.0 Å². The molecule has 1 aliphatic carbocycles. The molecule has 2 aromatic heterocycles. The van der Waals surface area contributed by atoms with Crippen molar-refractivity contribution < 1.29 is 10.2 Å². The fourth-order valence-corrected chi connectivity index (χ4v) is 4.63. The Morgan fingerprint density at radius 1 is 1.09 bits per heavy atom. The summed E-state index contributed by atoms with van der Waals surface area (Å²) < 4.78 is 1.97. The maximum absolute atomic E-state index is 10.7. The van der Waals surface area contributed by atoms with Crippen LogP contribution >= 0.6 is 0 Å². The molecule has 4 N–H and O–H groups in total. The molecule has 1 aromatic carbocycles. The first kappa shape index (κ1) is 22.6. The molecular formula is C25H33N5O2. The summed E-state index contributed by atoms with van der Waals surface area (Å²) in [4.78, 5) is 8.50. The average Bonchev–Trinajstić information content (AvgIpc) is 3.34. The van der Waals surface area contributed by atoms with E-state index in [1.165, 1.54) is 11.9 Å². The van der Waals surface area contributed by atoms with E-state index in [0.29, 0.717) is 13.0 Å². The van der Waals surface area contributed by atoms with E-state index in [9.17, 15) is 10.2 Å². The number of nitrogens with one attached hydrogen (secondary N) is 2. The zero-order valence-electron chi connectivity index (χ0n) is 18.4. The molecule has 3 aromatic rings. The van der Waals surface area contributed by atoms with E-state index in [2.05, 4.69) is 51.4 Å². The Hall–Kier alpha value is -2.58. The van der Waals surface area contributed by atoms with Gasteiger partial charge in [-0.2, -0.15) is 0 Å². The first-order chi connectivity index (χ1) is 15.7. The number of aliphatic hydroxyl groups excluding tert-OH is 2. The molecule has 1 aliphatic rings. The lowest BCUT2D eigenvalue weighted by atomic mass is 10.1. The smallest absolute Gasteiger partial charge is 0.144 e. The van der Waals surface area contributed by atoms with E-state index < -0.39 is 12.2 Å². The quantitative estimate of drug-likeness (QED) is 0.345. The molecule has 0 saturated heterocycles. The van der Waals surface area contributed by atoms with Crippen molar-refractivity contribution in [2.45, 2.75) is 37.5 Å². The average molecular weight is 436 g/mol. The van der Waals surface area contributed by atoms with Gasteiger partial charge in [0.15, 0.2) is 0 Å². The zero-order chi connectivity index (χ0) is 22.3. The molecule has 7 heteroatoms. The Kier molecular flexibility index (Phi) is 7.65. The van der Waals surface area contributed by atoms with Crippen LogP contribution in [0.15, 0.2) is 55.6 Å². The molecule has 170 valence electrons. The Morgan fingerprint density at radius 2 is 1.91 bits per heavy atom. The van der Waals surface area contributed by atoms with Gasteiger partial charge in [0.1, 0.15) is 18.1 Å². The third-order valence-electron chi connectivity index (χ3n) is 6.42. The van der Waals surface area contributed by atoms with Crippen LogP contribution in [0.4, 0.5) is 0 Å². The van der Waals surface area contributed by atoms with Crippen molar-refractivity contribution in [3.05, 3.63) is 66.8 Å². The number of hydrogen-bond acceptors (Lipinski definition) is 6. The third-order valence-corrected chi connectivity index (χ3v) is 6.42. The largest absolute Gasteiger partial charge is 0.390 e. The first-order valence-corrected chi connectivity index (χ1v) is 11.4. The highest BCUT2D eigenvalue weighted by Gasteiger charge is 2.42. The van der Waals surface area contributed by atoms with Crippen LogP contribution < -0.4 is 10.6 Å². The van der Waals surface area contributed by atoms with Gasteiger partial charge in [0.25, 0.3) is 0 Å². The molecule has 0 unspecified atom stereocenters. The highest BCUT2D eigenvalue weighted by atomic mass is 16.3. The van der Waals surface area contributed by atoms with E-state index in [1.807, 2.05) is 16.8 Å². The maximum Gasteiger partial charge on any atom is 0.144 e. The van der Waals surface area contributed by atoms with Gasteiger partial charge in [0.05, 0.1) is 12.1 Å². The van der Waals surface area contributed by atoms with Gasteiger partial charge in [-0.05, 0) is 44.5 Å². The summed E-state index contributed by atoms with van der Waals surface area (Å²) in [7, 11) is 0. The minimum atomic E-state index is -0.829. The Morgan fingerprint density at radius 3 is 2.72 bits per heavy atom. The lowest BCUT2D eigenvalue weighted by Gasteiger charge is -2.19. The summed E-state index contributed by atoms with van der Waals surface area (Å²) in [6.07, 6.45) is 8.15. The van der Waals surface area contributed by atoms with Crippen molar-refractivity contribution in [2.24, 2.45) is 5.92 Å². The molecule has 0 spiro atoms. The van der Waals surface area contributed by atoms with Crippen LogP contribution in [-0.2, 0) is 6.42 Å².